The SMILES string of the molecule is O=C(N/N=C\c1cccnc1)c1ccc(O[C@H]2OCCO[C@H]2Oc2ccc(C(=O)N/N=C\c3cccnc3)cc2)cc1. The van der Waals surface area contributed by atoms with Crippen molar-refractivity contribution in [3.05, 3.63) is 120 Å². The van der Waals surface area contributed by atoms with E-state index in [0.717, 1.165) is 11.1 Å². The lowest BCUT2D eigenvalue weighted by molar-refractivity contribution is -0.271. The van der Waals surface area contributed by atoms with Gasteiger partial charge in [-0.05, 0) is 60.7 Å². The molecule has 12 nitrogen and oxygen atoms in total. The Hall–Kier alpha value is -5.46. The van der Waals surface area contributed by atoms with Gasteiger partial charge in [-0.25, -0.2) is 10.9 Å². The minimum atomic E-state index is -0.868. The van der Waals surface area contributed by atoms with Crippen molar-refractivity contribution in [3.8, 4) is 11.5 Å². The maximum Gasteiger partial charge on any atom is 0.271 e. The molecule has 1 aliphatic heterocycles. The fourth-order valence-corrected chi connectivity index (χ4v) is 3.67. The van der Waals surface area contributed by atoms with Gasteiger partial charge in [-0.1, -0.05) is 12.1 Å². The van der Waals surface area contributed by atoms with Crippen LogP contribution in [0, 0.1) is 0 Å². The average Bonchev–Trinajstić information content (AvgIpc) is 3.03. The number of rotatable bonds is 10. The summed E-state index contributed by atoms with van der Waals surface area (Å²) in [5.41, 5.74) is 7.26. The first-order valence-corrected chi connectivity index (χ1v) is 12.9. The zero-order valence-electron chi connectivity index (χ0n) is 22.2. The Morgan fingerprint density at radius 1 is 0.690 bits per heavy atom. The van der Waals surface area contributed by atoms with Crippen LogP contribution in [0.25, 0.3) is 0 Å². The maximum absolute atomic E-state index is 12.4. The maximum atomic E-state index is 12.4. The first kappa shape index (κ1) is 28.1. The predicted octanol–water partition coefficient (Wildman–Crippen LogP) is 3.16. The summed E-state index contributed by atoms with van der Waals surface area (Å²) in [7, 11) is 0. The molecule has 2 amide bonds. The third-order valence-corrected chi connectivity index (χ3v) is 5.74. The molecule has 1 aliphatic rings. The molecular weight excluding hydrogens is 540 g/mol. The van der Waals surface area contributed by atoms with E-state index in [9.17, 15) is 9.59 Å². The van der Waals surface area contributed by atoms with Crippen LogP contribution in [-0.2, 0) is 9.47 Å². The summed E-state index contributed by atoms with van der Waals surface area (Å²) in [4.78, 5) is 32.8. The lowest BCUT2D eigenvalue weighted by Gasteiger charge is -2.31. The summed E-state index contributed by atoms with van der Waals surface area (Å²) >= 11 is 0. The number of nitrogens with one attached hydrogen (secondary N) is 2. The molecule has 12 heteroatoms. The van der Waals surface area contributed by atoms with Crippen LogP contribution in [0.3, 0.4) is 0 Å². The van der Waals surface area contributed by atoms with E-state index >= 15 is 0 Å². The Labute approximate surface area is 241 Å². The van der Waals surface area contributed by atoms with Crippen molar-refractivity contribution in [3.63, 3.8) is 0 Å². The van der Waals surface area contributed by atoms with Gasteiger partial charge in [-0.3, -0.25) is 19.6 Å². The van der Waals surface area contributed by atoms with Crippen LogP contribution < -0.4 is 20.3 Å². The summed E-state index contributed by atoms with van der Waals surface area (Å²) < 4.78 is 23.3. The van der Waals surface area contributed by atoms with Crippen molar-refractivity contribution in [1.29, 1.82) is 0 Å². The van der Waals surface area contributed by atoms with Crippen molar-refractivity contribution in [2.45, 2.75) is 12.6 Å². The number of hydrogen-bond acceptors (Lipinski definition) is 10. The van der Waals surface area contributed by atoms with Gasteiger partial charge in [0.15, 0.2) is 0 Å². The molecule has 2 aromatic heterocycles. The van der Waals surface area contributed by atoms with Crippen LogP contribution in [0.15, 0.2) is 108 Å². The van der Waals surface area contributed by atoms with Gasteiger partial charge in [0, 0.05) is 47.0 Å². The number of benzene rings is 2. The van der Waals surface area contributed by atoms with E-state index < -0.39 is 12.6 Å². The molecule has 2 N–H and O–H groups in total. The molecule has 0 saturated carbocycles. The van der Waals surface area contributed by atoms with Crippen LogP contribution >= 0.6 is 0 Å². The lowest BCUT2D eigenvalue weighted by atomic mass is 10.2. The average molecular weight is 567 g/mol. The Morgan fingerprint density at radius 3 is 1.50 bits per heavy atom. The molecule has 2 aromatic carbocycles. The molecule has 42 heavy (non-hydrogen) atoms. The summed E-state index contributed by atoms with van der Waals surface area (Å²) in [6.07, 6.45) is 7.84. The first-order chi connectivity index (χ1) is 20.6. The monoisotopic (exact) mass is 566 g/mol. The number of hydrazone groups is 2. The van der Waals surface area contributed by atoms with Gasteiger partial charge in [0.25, 0.3) is 24.4 Å². The number of pyridine rings is 2. The molecule has 212 valence electrons. The lowest BCUT2D eigenvalue weighted by Crippen LogP contribution is -2.45. The Morgan fingerprint density at radius 2 is 1.12 bits per heavy atom. The number of carbonyl (C=O) groups excluding carboxylic acids is 2. The molecule has 4 aromatic rings. The summed E-state index contributed by atoms with van der Waals surface area (Å²) in [6.45, 7) is 0.636. The molecule has 0 bridgehead atoms. The second kappa shape index (κ2) is 14.3. The van der Waals surface area contributed by atoms with E-state index in [1.807, 2.05) is 12.1 Å². The van der Waals surface area contributed by atoms with Gasteiger partial charge in [0.2, 0.25) is 0 Å². The van der Waals surface area contributed by atoms with Gasteiger partial charge >= 0.3 is 0 Å². The van der Waals surface area contributed by atoms with E-state index in [-0.39, 0.29) is 11.8 Å². The highest BCUT2D eigenvalue weighted by Gasteiger charge is 2.31. The van der Waals surface area contributed by atoms with E-state index in [1.165, 1.54) is 12.4 Å². The van der Waals surface area contributed by atoms with Crippen LogP contribution in [-0.4, -0.2) is 60.0 Å². The Bertz CT molecular complexity index is 1400. The minimum absolute atomic E-state index is 0.318. The molecule has 0 radical (unpaired) electrons. The molecule has 0 spiro atoms. The van der Waals surface area contributed by atoms with Crippen molar-refractivity contribution in [1.82, 2.24) is 20.8 Å². The van der Waals surface area contributed by atoms with Gasteiger partial charge in [-0.2, -0.15) is 10.2 Å². The van der Waals surface area contributed by atoms with Crippen molar-refractivity contribution < 1.29 is 28.5 Å². The Kier molecular flexibility index (Phi) is 9.53. The highest BCUT2D eigenvalue weighted by Crippen LogP contribution is 2.22. The highest BCUT2D eigenvalue weighted by atomic mass is 16.8. The van der Waals surface area contributed by atoms with Crippen LogP contribution in [0.1, 0.15) is 31.8 Å². The third-order valence-electron chi connectivity index (χ3n) is 5.74. The topological polar surface area (TPSA) is 146 Å². The van der Waals surface area contributed by atoms with E-state index in [4.69, 9.17) is 18.9 Å². The zero-order chi connectivity index (χ0) is 29.0. The largest absolute Gasteiger partial charge is 0.458 e. The van der Waals surface area contributed by atoms with Gasteiger partial charge < -0.3 is 18.9 Å². The summed E-state index contributed by atoms with van der Waals surface area (Å²) in [6, 6.07) is 20.2. The highest BCUT2D eigenvalue weighted by molar-refractivity contribution is 5.95. The normalized spacial score (nSPS) is 16.7. The third kappa shape index (κ3) is 8.03. The standard InChI is InChI=1S/C30H26N6O6/c37-27(35-33-19-21-3-1-13-31-17-21)23-5-9-25(10-6-23)41-29-30(40-16-15-39-29)42-26-11-7-24(8-12-26)28(38)36-34-20-22-4-2-14-32-18-22/h1-14,17-20,29-30H,15-16H2,(H,35,37)(H,36,38)/b33-19-,34-20-/t29-,30+. The smallest absolute Gasteiger partial charge is 0.271 e. The van der Waals surface area contributed by atoms with Gasteiger partial charge in [0.1, 0.15) is 11.5 Å². The minimum Gasteiger partial charge on any atom is -0.458 e. The molecule has 3 heterocycles. The Balaban J connectivity index is 1.12. The number of carbonyl (C=O) groups is 2. The van der Waals surface area contributed by atoms with Gasteiger partial charge in [-0.15, -0.1) is 0 Å². The van der Waals surface area contributed by atoms with Crippen LogP contribution in [0.4, 0.5) is 0 Å². The summed E-state index contributed by atoms with van der Waals surface area (Å²) in [5, 5.41) is 7.89. The molecule has 5 rings (SSSR count). The number of amides is 2. The number of nitrogens with zero attached hydrogens (tertiary/aromatic N) is 4. The number of hydrogen-bond donors (Lipinski definition) is 2. The second-order valence-corrected chi connectivity index (χ2v) is 8.73. The fraction of sp³-hybridized carbons (Fsp3) is 0.133. The molecule has 0 aliphatic carbocycles. The fourth-order valence-electron chi connectivity index (χ4n) is 3.67. The van der Waals surface area contributed by atoms with Crippen molar-refractivity contribution in [2.24, 2.45) is 10.2 Å². The number of ether oxygens (including phenoxy) is 4. The van der Waals surface area contributed by atoms with Crippen molar-refractivity contribution in [2.75, 3.05) is 13.2 Å². The van der Waals surface area contributed by atoms with Gasteiger partial charge in [0.05, 0.1) is 25.6 Å². The number of aromatic nitrogens is 2. The second-order valence-electron chi connectivity index (χ2n) is 8.73. The molecular formula is C30H26N6O6. The summed E-state index contributed by atoms with van der Waals surface area (Å²) in [5.74, 6) is 0.150. The van der Waals surface area contributed by atoms with Crippen molar-refractivity contribution >= 4 is 24.2 Å². The molecule has 1 fully saturated rings. The zero-order valence-corrected chi connectivity index (χ0v) is 22.2. The molecule has 1 saturated heterocycles. The van der Waals surface area contributed by atoms with Crippen LogP contribution in [0.5, 0.6) is 11.5 Å². The van der Waals surface area contributed by atoms with E-state index in [1.54, 1.807) is 85.5 Å². The molecule has 0 unspecified atom stereocenters. The molecule has 2 atom stereocenters. The van der Waals surface area contributed by atoms with E-state index in [2.05, 4.69) is 31.0 Å². The predicted molar refractivity (Wildman–Crippen MR) is 152 cm³/mol. The van der Waals surface area contributed by atoms with Crippen LogP contribution in [0.2, 0.25) is 0 Å². The quantitative estimate of drug-likeness (QED) is 0.220. The van der Waals surface area contributed by atoms with E-state index in [0.29, 0.717) is 35.8 Å². The first-order valence-electron chi connectivity index (χ1n) is 12.9.